The van der Waals surface area contributed by atoms with E-state index in [1.807, 2.05) is 0 Å². The molecule has 23 heteroatoms. The van der Waals surface area contributed by atoms with Gasteiger partial charge in [0.15, 0.2) is 22.9 Å². The van der Waals surface area contributed by atoms with Crippen molar-refractivity contribution < 1.29 is 53.5 Å². The van der Waals surface area contributed by atoms with Crippen LogP contribution in [0.5, 0.6) is 17.2 Å². The lowest BCUT2D eigenvalue weighted by Crippen LogP contribution is -2.43. The Bertz CT molecular complexity index is 2550. The van der Waals surface area contributed by atoms with Crippen molar-refractivity contribution >= 4 is 75.2 Å². The number of nitrogens with zero attached hydrogens (tertiary/aromatic N) is 8. The second-order valence-electron chi connectivity index (χ2n) is 15.7. The van der Waals surface area contributed by atoms with E-state index < -0.39 is 113 Å². The minimum atomic E-state index is -1.25. The number of imide groups is 2. The second kappa shape index (κ2) is 15.8. The molecule has 2 aliphatic carbocycles. The zero-order chi connectivity index (χ0) is 46.1. The molecule has 6 atom stereocenters. The van der Waals surface area contributed by atoms with E-state index in [1.165, 1.54) is 54.5 Å². The molecule has 1 N–H and O–H groups in total. The predicted octanol–water partition coefficient (Wildman–Crippen LogP) is 4.77. The van der Waals surface area contributed by atoms with Crippen LogP contribution in [0.2, 0.25) is 0 Å². The smallest absolute Gasteiger partial charge is 0.301 e. The largest absolute Gasteiger partial charge is 0.502 e. The van der Waals surface area contributed by atoms with E-state index in [-0.39, 0.29) is 41.5 Å². The van der Waals surface area contributed by atoms with Crippen LogP contribution in [-0.2, 0) is 19.2 Å². The maximum Gasteiger partial charge on any atom is 0.301 e. The van der Waals surface area contributed by atoms with E-state index in [0.717, 1.165) is 34.1 Å². The van der Waals surface area contributed by atoms with Gasteiger partial charge in [0.25, 0.3) is 0 Å². The number of rotatable bonds is 12. The van der Waals surface area contributed by atoms with Gasteiger partial charge in [0.2, 0.25) is 29.4 Å². The Balaban J connectivity index is 1.37. The molecule has 4 aliphatic rings. The number of aromatic hydroxyl groups is 1. The van der Waals surface area contributed by atoms with E-state index in [2.05, 4.69) is 0 Å². The summed E-state index contributed by atoms with van der Waals surface area (Å²) in [6.45, 7) is 0. The van der Waals surface area contributed by atoms with Gasteiger partial charge in [0, 0.05) is 58.4 Å². The number of nitro benzene ring substituents is 4. The lowest BCUT2D eigenvalue weighted by atomic mass is 9.58. The van der Waals surface area contributed by atoms with E-state index in [9.17, 15) is 64.7 Å². The molecular weight excluding hydrogens is 832 g/mol. The van der Waals surface area contributed by atoms with Crippen LogP contribution < -0.4 is 29.1 Å². The first-order valence-corrected chi connectivity index (χ1v) is 19.1. The SMILES string of the molecule is COc1cc(C=CC2C3=CCC4C(=O)N(c5cc([N+](=O)[O-])c(N(C)C)c([N+](=O)[O-])c5)C(=O)C4C3CC3C(=O)N(c4cc([N+](=O)[O-])c(N(C)C)c([N+](=O)[O-])c4)C(=O)C23)cc(OC)c1O. The fraction of sp³-hybridized carbons (Fsp3) is 0.350. The van der Waals surface area contributed by atoms with Crippen molar-refractivity contribution in [2.75, 3.05) is 62.0 Å². The summed E-state index contributed by atoms with van der Waals surface area (Å²) >= 11 is 0. The number of fused-ring (bicyclic) bond motifs is 4. The average molecular weight is 871 g/mol. The van der Waals surface area contributed by atoms with E-state index in [0.29, 0.717) is 20.9 Å². The highest BCUT2D eigenvalue weighted by molar-refractivity contribution is 6.24. The molecule has 7 rings (SSSR count). The topological polar surface area (TPSA) is 292 Å². The number of allylic oxidation sites excluding steroid dienone is 3. The summed E-state index contributed by atoms with van der Waals surface area (Å²) in [7, 11) is 8.05. The van der Waals surface area contributed by atoms with Crippen LogP contribution in [0.1, 0.15) is 18.4 Å². The van der Waals surface area contributed by atoms with E-state index in [1.54, 1.807) is 18.2 Å². The molecule has 63 heavy (non-hydrogen) atoms. The fourth-order valence-corrected chi connectivity index (χ4v) is 9.49. The standard InChI is InChI=1S/C40H38N8O15/c1-41(2)34-26(45(54)55)13-19(14-27(34)46(56)57)43-37(50)23-10-9-21-22(8-7-18-11-30(62-5)36(49)31(12-18)63-6)32-25(17-24(21)33(23)40(43)53)38(51)44(39(32)52)20-15-28(47(58)59)35(42(3)4)29(16-20)48(60)61/h7-9,11-16,22-25,32-33,49H,10,17H2,1-6H3. The number of methoxy groups -OCH3 is 2. The maximum atomic E-state index is 14.7. The first kappa shape index (κ1) is 43.1. The highest BCUT2D eigenvalue weighted by Gasteiger charge is 2.62. The molecule has 3 fully saturated rings. The summed E-state index contributed by atoms with van der Waals surface area (Å²) in [4.78, 5) is 107. The molecule has 2 heterocycles. The summed E-state index contributed by atoms with van der Waals surface area (Å²) in [6.07, 6.45) is 4.53. The molecule has 2 aliphatic heterocycles. The molecule has 4 amide bonds. The van der Waals surface area contributed by atoms with Crippen LogP contribution in [0.15, 0.2) is 54.1 Å². The number of amides is 4. The summed E-state index contributed by atoms with van der Waals surface area (Å²) in [5.74, 6) is -10.3. The first-order valence-electron chi connectivity index (χ1n) is 19.1. The molecule has 0 spiro atoms. The van der Waals surface area contributed by atoms with Crippen molar-refractivity contribution in [1.82, 2.24) is 0 Å². The molecule has 0 radical (unpaired) electrons. The van der Waals surface area contributed by atoms with Gasteiger partial charge >= 0.3 is 22.7 Å². The number of ether oxygens (including phenoxy) is 2. The van der Waals surface area contributed by atoms with Crippen LogP contribution in [0.3, 0.4) is 0 Å². The van der Waals surface area contributed by atoms with Gasteiger partial charge in [-0.05, 0) is 36.5 Å². The Kier molecular flexibility index (Phi) is 10.8. The van der Waals surface area contributed by atoms with Gasteiger partial charge < -0.3 is 24.4 Å². The molecule has 0 bridgehead atoms. The van der Waals surface area contributed by atoms with Crippen LogP contribution in [0, 0.1) is 76.0 Å². The number of phenols is 1. The number of nitro groups is 4. The Morgan fingerprint density at radius 3 is 1.44 bits per heavy atom. The van der Waals surface area contributed by atoms with Gasteiger partial charge in [-0.15, -0.1) is 0 Å². The number of phenolic OH excluding ortho intramolecular Hbond substituents is 1. The number of benzene rings is 3. The Hall–Kier alpha value is -7.98. The van der Waals surface area contributed by atoms with Crippen molar-refractivity contribution in [3.63, 3.8) is 0 Å². The van der Waals surface area contributed by atoms with Crippen molar-refractivity contribution in [2.24, 2.45) is 35.5 Å². The molecule has 3 aromatic carbocycles. The van der Waals surface area contributed by atoms with Crippen LogP contribution in [-0.4, -0.2) is 90.8 Å². The second-order valence-corrected chi connectivity index (χ2v) is 15.7. The minimum absolute atomic E-state index is 0.0324. The third kappa shape index (κ3) is 6.86. The van der Waals surface area contributed by atoms with E-state index >= 15 is 0 Å². The monoisotopic (exact) mass is 870 g/mol. The van der Waals surface area contributed by atoms with E-state index in [4.69, 9.17) is 9.47 Å². The van der Waals surface area contributed by atoms with Crippen molar-refractivity contribution in [2.45, 2.75) is 12.8 Å². The maximum absolute atomic E-state index is 14.7. The Labute approximate surface area is 355 Å². The zero-order valence-electron chi connectivity index (χ0n) is 34.3. The first-order chi connectivity index (χ1) is 29.7. The number of hydrogen-bond donors (Lipinski definition) is 1. The molecular formula is C40H38N8O15. The predicted molar refractivity (Wildman–Crippen MR) is 222 cm³/mol. The average Bonchev–Trinajstić information content (AvgIpc) is 3.64. The van der Waals surface area contributed by atoms with Gasteiger partial charge in [-0.1, -0.05) is 23.8 Å². The van der Waals surface area contributed by atoms with Gasteiger partial charge in [-0.3, -0.25) is 59.6 Å². The number of carbonyl (C=O) groups excluding carboxylic acids is 4. The Morgan fingerprint density at radius 2 is 1.05 bits per heavy atom. The van der Waals surface area contributed by atoms with Gasteiger partial charge in [0.05, 0.1) is 69.0 Å². The highest BCUT2D eigenvalue weighted by atomic mass is 16.6. The summed E-state index contributed by atoms with van der Waals surface area (Å²) in [5, 5.41) is 59.5. The van der Waals surface area contributed by atoms with Crippen LogP contribution >= 0.6 is 0 Å². The lowest BCUT2D eigenvalue weighted by Gasteiger charge is -2.42. The normalized spacial score (nSPS) is 22.7. The molecule has 6 unspecified atom stereocenters. The molecule has 2 saturated heterocycles. The summed E-state index contributed by atoms with van der Waals surface area (Å²) in [5.41, 5.74) is -3.69. The minimum Gasteiger partial charge on any atom is -0.502 e. The van der Waals surface area contributed by atoms with Gasteiger partial charge in [-0.2, -0.15) is 0 Å². The quantitative estimate of drug-likeness (QED) is 0.111. The van der Waals surface area contributed by atoms with Crippen molar-refractivity contribution in [1.29, 1.82) is 0 Å². The zero-order valence-corrected chi connectivity index (χ0v) is 34.3. The summed E-state index contributed by atoms with van der Waals surface area (Å²) in [6, 6.07) is 6.54. The van der Waals surface area contributed by atoms with Crippen molar-refractivity contribution in [3.05, 3.63) is 100 Å². The molecule has 1 saturated carbocycles. The number of anilines is 4. The molecule has 23 nitrogen and oxygen atoms in total. The number of hydrogen-bond acceptors (Lipinski definition) is 17. The third-order valence-electron chi connectivity index (χ3n) is 12.0. The van der Waals surface area contributed by atoms with Gasteiger partial charge in [0.1, 0.15) is 0 Å². The van der Waals surface area contributed by atoms with Gasteiger partial charge in [-0.25, -0.2) is 9.80 Å². The fourth-order valence-electron chi connectivity index (χ4n) is 9.49. The summed E-state index contributed by atoms with van der Waals surface area (Å²) < 4.78 is 10.6. The van der Waals surface area contributed by atoms with Crippen molar-refractivity contribution in [3.8, 4) is 17.2 Å². The molecule has 3 aromatic rings. The lowest BCUT2D eigenvalue weighted by molar-refractivity contribution is -0.392. The Morgan fingerprint density at radius 1 is 0.635 bits per heavy atom. The third-order valence-corrected chi connectivity index (χ3v) is 12.0. The molecule has 0 aromatic heterocycles. The molecule has 328 valence electrons. The van der Waals surface area contributed by atoms with Crippen LogP contribution in [0.25, 0.3) is 6.08 Å². The highest BCUT2D eigenvalue weighted by Crippen LogP contribution is 2.57. The number of carbonyl (C=O) groups is 4. The van der Waals surface area contributed by atoms with Crippen LogP contribution in [0.4, 0.5) is 45.5 Å².